The Bertz CT molecular complexity index is 740. The quantitative estimate of drug-likeness (QED) is 0.673. The highest BCUT2D eigenvalue weighted by atomic mass is 32.1. The van der Waals surface area contributed by atoms with E-state index in [1.807, 2.05) is 6.20 Å². The third-order valence-electron chi connectivity index (χ3n) is 3.84. The molecule has 24 heavy (non-hydrogen) atoms. The monoisotopic (exact) mass is 345 g/mol. The van der Waals surface area contributed by atoms with Crippen molar-refractivity contribution < 1.29 is 9.13 Å². The first-order valence-corrected chi connectivity index (χ1v) is 8.71. The van der Waals surface area contributed by atoms with Gasteiger partial charge in [-0.2, -0.15) is 16.4 Å². The summed E-state index contributed by atoms with van der Waals surface area (Å²) in [6.45, 7) is 3.12. The molecular weight excluding hydrogens is 325 g/mol. The summed E-state index contributed by atoms with van der Waals surface area (Å²) in [4.78, 5) is 2.32. The minimum atomic E-state index is -0.237. The lowest BCUT2D eigenvalue weighted by Crippen LogP contribution is -2.26. The zero-order chi connectivity index (χ0) is 16.8. The molecule has 0 aliphatic rings. The lowest BCUT2D eigenvalue weighted by atomic mass is 10.1. The van der Waals surface area contributed by atoms with Crippen molar-refractivity contribution in [3.63, 3.8) is 0 Å². The van der Waals surface area contributed by atoms with Crippen molar-refractivity contribution in [2.24, 2.45) is 0 Å². The van der Waals surface area contributed by atoms with E-state index in [0.717, 1.165) is 36.5 Å². The van der Waals surface area contributed by atoms with Gasteiger partial charge in [0.2, 0.25) is 0 Å². The number of methoxy groups -OCH3 is 1. The highest BCUT2D eigenvalue weighted by Gasteiger charge is 2.13. The number of ether oxygens (including phenoxy) is 1. The van der Waals surface area contributed by atoms with E-state index >= 15 is 0 Å². The van der Waals surface area contributed by atoms with Crippen LogP contribution >= 0.6 is 11.3 Å². The van der Waals surface area contributed by atoms with Crippen molar-refractivity contribution in [3.8, 4) is 11.3 Å². The molecule has 0 radical (unpaired) electrons. The maximum absolute atomic E-state index is 13.1. The molecule has 0 spiro atoms. The Hall–Kier alpha value is -2.02. The fourth-order valence-corrected chi connectivity index (χ4v) is 3.27. The van der Waals surface area contributed by atoms with Gasteiger partial charge in [0.1, 0.15) is 5.82 Å². The predicted octanol–water partition coefficient (Wildman–Crippen LogP) is 3.93. The largest absolute Gasteiger partial charge is 0.383 e. The molecular formula is C18H20FN3OS. The van der Waals surface area contributed by atoms with Gasteiger partial charge in [-0.15, -0.1) is 0 Å². The Labute approximate surface area is 144 Å². The smallest absolute Gasteiger partial charge is 0.123 e. The van der Waals surface area contributed by atoms with Crippen molar-refractivity contribution >= 4 is 11.3 Å². The van der Waals surface area contributed by atoms with Gasteiger partial charge in [-0.25, -0.2) is 4.39 Å². The van der Waals surface area contributed by atoms with Gasteiger partial charge >= 0.3 is 0 Å². The Morgan fingerprint density at radius 3 is 2.75 bits per heavy atom. The molecule has 0 aliphatic carbocycles. The topological polar surface area (TPSA) is 41.1 Å². The zero-order valence-electron chi connectivity index (χ0n) is 13.5. The summed E-state index contributed by atoms with van der Waals surface area (Å²) < 4.78 is 18.4. The minimum absolute atomic E-state index is 0.237. The number of aromatic nitrogens is 2. The Morgan fingerprint density at radius 2 is 2.04 bits per heavy atom. The molecule has 0 unspecified atom stereocenters. The van der Waals surface area contributed by atoms with E-state index in [1.54, 1.807) is 30.6 Å². The second-order valence-electron chi connectivity index (χ2n) is 5.61. The molecule has 0 aliphatic heterocycles. The van der Waals surface area contributed by atoms with Crippen LogP contribution in [0.25, 0.3) is 11.3 Å². The molecule has 2 heterocycles. The molecule has 3 aromatic rings. The number of aromatic amines is 1. The van der Waals surface area contributed by atoms with Crippen molar-refractivity contribution in [1.29, 1.82) is 0 Å². The predicted molar refractivity (Wildman–Crippen MR) is 94.3 cm³/mol. The van der Waals surface area contributed by atoms with E-state index < -0.39 is 0 Å². The molecule has 6 heteroatoms. The van der Waals surface area contributed by atoms with Crippen LogP contribution in [-0.2, 0) is 17.8 Å². The van der Waals surface area contributed by atoms with E-state index in [0.29, 0.717) is 6.61 Å². The van der Waals surface area contributed by atoms with Crippen LogP contribution in [0.1, 0.15) is 11.1 Å². The van der Waals surface area contributed by atoms with Gasteiger partial charge in [-0.05, 0) is 46.7 Å². The highest BCUT2D eigenvalue weighted by Crippen LogP contribution is 2.23. The van der Waals surface area contributed by atoms with Crippen LogP contribution < -0.4 is 0 Å². The van der Waals surface area contributed by atoms with Crippen LogP contribution in [-0.4, -0.2) is 35.4 Å². The molecule has 0 bridgehead atoms. The van der Waals surface area contributed by atoms with Gasteiger partial charge in [-0.1, -0.05) is 0 Å². The van der Waals surface area contributed by atoms with Crippen molar-refractivity contribution in [2.75, 3.05) is 20.3 Å². The second-order valence-corrected chi connectivity index (χ2v) is 6.39. The maximum atomic E-state index is 13.1. The fourth-order valence-electron chi connectivity index (χ4n) is 2.61. The standard InChI is InChI=1S/C18H20FN3OS/c1-23-8-7-22(11-14-6-9-24-13-14)12-16-10-20-21-18(16)15-2-4-17(19)5-3-15/h2-6,9-10,13H,7-8,11-12H2,1H3,(H,20,21). The van der Waals surface area contributed by atoms with Gasteiger partial charge in [0.15, 0.2) is 0 Å². The van der Waals surface area contributed by atoms with Crippen molar-refractivity contribution in [1.82, 2.24) is 15.1 Å². The van der Waals surface area contributed by atoms with Crippen LogP contribution in [0.5, 0.6) is 0 Å². The summed E-state index contributed by atoms with van der Waals surface area (Å²) in [5, 5.41) is 11.5. The van der Waals surface area contributed by atoms with Crippen LogP contribution in [0.2, 0.25) is 0 Å². The summed E-state index contributed by atoms with van der Waals surface area (Å²) in [7, 11) is 1.71. The second kappa shape index (κ2) is 8.19. The number of thiophene rings is 1. The summed E-state index contributed by atoms with van der Waals surface area (Å²) in [6.07, 6.45) is 1.84. The number of benzene rings is 1. The number of halogens is 1. The first-order chi connectivity index (χ1) is 11.8. The molecule has 4 nitrogen and oxygen atoms in total. The van der Waals surface area contributed by atoms with Crippen LogP contribution in [0.3, 0.4) is 0 Å². The van der Waals surface area contributed by atoms with E-state index in [2.05, 4.69) is 31.9 Å². The summed E-state index contributed by atoms with van der Waals surface area (Å²) in [5.41, 5.74) is 4.25. The maximum Gasteiger partial charge on any atom is 0.123 e. The molecule has 2 aromatic heterocycles. The number of hydrogen-bond donors (Lipinski definition) is 1. The van der Waals surface area contributed by atoms with Crippen molar-refractivity contribution in [3.05, 3.63) is 64.2 Å². The van der Waals surface area contributed by atoms with E-state index in [4.69, 9.17) is 4.74 Å². The molecule has 126 valence electrons. The molecule has 1 aromatic carbocycles. The first kappa shape index (κ1) is 16.8. The molecule has 0 fully saturated rings. The Kier molecular flexibility index (Phi) is 5.74. The van der Waals surface area contributed by atoms with Crippen LogP contribution in [0.15, 0.2) is 47.3 Å². The summed E-state index contributed by atoms with van der Waals surface area (Å²) >= 11 is 1.70. The molecule has 0 atom stereocenters. The molecule has 0 amide bonds. The minimum Gasteiger partial charge on any atom is -0.383 e. The fraction of sp³-hybridized carbons (Fsp3) is 0.278. The average Bonchev–Trinajstić information content (AvgIpc) is 3.25. The van der Waals surface area contributed by atoms with Gasteiger partial charge in [0, 0.05) is 37.9 Å². The van der Waals surface area contributed by atoms with E-state index in [-0.39, 0.29) is 5.82 Å². The van der Waals surface area contributed by atoms with Gasteiger partial charge in [0.25, 0.3) is 0 Å². The highest BCUT2D eigenvalue weighted by molar-refractivity contribution is 7.07. The molecule has 0 saturated carbocycles. The van der Waals surface area contributed by atoms with Gasteiger partial charge in [-0.3, -0.25) is 10.00 Å². The Morgan fingerprint density at radius 1 is 1.21 bits per heavy atom. The summed E-state index contributed by atoms with van der Waals surface area (Å²) in [5.74, 6) is -0.237. The first-order valence-electron chi connectivity index (χ1n) is 7.77. The lowest BCUT2D eigenvalue weighted by Gasteiger charge is -2.21. The van der Waals surface area contributed by atoms with E-state index in [9.17, 15) is 4.39 Å². The van der Waals surface area contributed by atoms with Crippen LogP contribution in [0, 0.1) is 5.82 Å². The number of nitrogens with zero attached hydrogens (tertiary/aromatic N) is 2. The Balaban J connectivity index is 1.77. The third kappa shape index (κ3) is 4.29. The summed E-state index contributed by atoms with van der Waals surface area (Å²) in [6, 6.07) is 8.61. The molecule has 1 N–H and O–H groups in total. The van der Waals surface area contributed by atoms with Crippen molar-refractivity contribution in [2.45, 2.75) is 13.1 Å². The number of hydrogen-bond acceptors (Lipinski definition) is 4. The third-order valence-corrected chi connectivity index (χ3v) is 4.57. The SMILES string of the molecule is COCCN(Cc1ccsc1)Cc1cn[nH]c1-c1ccc(F)cc1. The average molecular weight is 345 g/mol. The zero-order valence-corrected chi connectivity index (χ0v) is 14.4. The van der Waals surface area contributed by atoms with E-state index in [1.165, 1.54) is 17.7 Å². The normalized spacial score (nSPS) is 11.3. The molecule has 0 saturated heterocycles. The van der Waals surface area contributed by atoms with Crippen LogP contribution in [0.4, 0.5) is 4.39 Å². The lowest BCUT2D eigenvalue weighted by molar-refractivity contribution is 0.140. The number of H-pyrrole nitrogens is 1. The van der Waals surface area contributed by atoms with Gasteiger partial charge < -0.3 is 4.74 Å². The number of rotatable bonds is 8. The van der Waals surface area contributed by atoms with Gasteiger partial charge in [0.05, 0.1) is 18.5 Å². The molecule has 3 rings (SSSR count). The number of nitrogens with one attached hydrogen (secondary N) is 1.